The van der Waals surface area contributed by atoms with Crippen molar-refractivity contribution in [2.24, 2.45) is 5.92 Å². The number of halogens is 2. The quantitative estimate of drug-likeness (QED) is 0.226. The molecule has 1 saturated heterocycles. The van der Waals surface area contributed by atoms with Crippen LogP contribution in [0.25, 0.3) is 0 Å². The number of fused-ring (bicyclic) bond motifs is 2. The number of rotatable bonds is 10. The third-order valence-electron chi connectivity index (χ3n) is 8.43. The Labute approximate surface area is 256 Å². The number of amides is 2. The second-order valence-corrected chi connectivity index (χ2v) is 16.2. The zero-order valence-electron chi connectivity index (χ0n) is 24.6. The van der Waals surface area contributed by atoms with Crippen LogP contribution in [0, 0.1) is 5.92 Å². The van der Waals surface area contributed by atoms with Crippen LogP contribution in [-0.2, 0) is 39.4 Å². The fourth-order valence-electron chi connectivity index (χ4n) is 6.56. The number of aliphatic hydroxyl groups excluding tert-OH is 2. The molecule has 3 aromatic rings. The lowest BCUT2D eigenvalue weighted by Crippen LogP contribution is -2.45. The molecule has 2 amide bonds. The van der Waals surface area contributed by atoms with Gasteiger partial charge in [-0.15, -0.1) is 5.10 Å². The zero-order chi connectivity index (χ0) is 31.1. The highest BCUT2D eigenvalue weighted by Crippen LogP contribution is 2.60. The van der Waals surface area contributed by atoms with E-state index in [0.29, 0.717) is 47.0 Å². The van der Waals surface area contributed by atoms with Crippen molar-refractivity contribution in [1.82, 2.24) is 15.0 Å². The molecule has 2 aromatic carbocycles. The number of nitrogens with zero attached hydrogens (tertiary/aromatic N) is 4. The molecule has 0 aliphatic carbocycles. The number of hydrogen-bond donors (Lipinski definition) is 3. The van der Waals surface area contributed by atoms with Crippen LogP contribution in [0.5, 0.6) is 0 Å². The summed E-state index contributed by atoms with van der Waals surface area (Å²) in [6.07, 6.45) is 0.852. The molecule has 1 fully saturated rings. The van der Waals surface area contributed by atoms with Crippen LogP contribution in [0.3, 0.4) is 0 Å². The van der Waals surface area contributed by atoms with E-state index in [-0.39, 0.29) is 19.1 Å². The molecule has 3 heterocycles. The summed E-state index contributed by atoms with van der Waals surface area (Å²) in [5.74, 6) is -1.30. The van der Waals surface area contributed by atoms with Crippen LogP contribution in [-0.4, -0.2) is 64.2 Å². The molecule has 1 spiro atoms. The fourth-order valence-corrected chi connectivity index (χ4v) is 9.27. The molecule has 1 aromatic heterocycles. The number of anilines is 2. The van der Waals surface area contributed by atoms with E-state index in [0.717, 1.165) is 5.56 Å². The van der Waals surface area contributed by atoms with Gasteiger partial charge in [-0.2, -0.15) is 0 Å². The van der Waals surface area contributed by atoms with E-state index in [1.807, 2.05) is 13.0 Å². The highest BCUT2D eigenvalue weighted by atomic mass is 35.5. The molecule has 2 aliphatic heterocycles. The summed E-state index contributed by atoms with van der Waals surface area (Å²) in [4.78, 5) is 28.2. The summed E-state index contributed by atoms with van der Waals surface area (Å²) in [7, 11) is -3.35. The van der Waals surface area contributed by atoms with Gasteiger partial charge in [-0.3, -0.25) is 14.3 Å². The predicted molar refractivity (Wildman–Crippen MR) is 163 cm³/mol. The van der Waals surface area contributed by atoms with Gasteiger partial charge in [-0.05, 0) is 62.3 Å². The number of aromatic nitrogens is 3. The standard InChI is InChI=1S/C30H37ClFN5O5Si/c1-18-27(43(3,4)32)26(10-12-36-17-23(11-13-38)34-35-36)42-30(18)24-15-21(31)8-9-25(24)37(29(30)41)16-20-6-5-7-22(14-20)33-28(40)19(2)39/h5-9,14-15,17-19,26-27,38-39H,10-13,16H2,1-4H3,(H,33,40)/t18-,19-,26+,27-,30+/m0/s1. The van der Waals surface area contributed by atoms with E-state index in [2.05, 4.69) is 15.6 Å². The highest BCUT2D eigenvalue weighted by Gasteiger charge is 2.66. The molecule has 0 bridgehead atoms. The second-order valence-electron chi connectivity index (χ2n) is 11.9. The van der Waals surface area contributed by atoms with Crippen LogP contribution < -0.4 is 10.2 Å². The van der Waals surface area contributed by atoms with Crippen molar-refractivity contribution in [3.05, 3.63) is 70.5 Å². The fraction of sp³-hybridized carbons (Fsp3) is 0.467. The van der Waals surface area contributed by atoms with Crippen molar-refractivity contribution in [2.45, 2.75) is 76.2 Å². The van der Waals surface area contributed by atoms with Gasteiger partial charge >= 0.3 is 0 Å². The van der Waals surface area contributed by atoms with Gasteiger partial charge in [0.25, 0.3) is 11.8 Å². The normalized spacial score (nSPS) is 24.0. The molecule has 10 nitrogen and oxygen atoms in total. The summed E-state index contributed by atoms with van der Waals surface area (Å²) >= 11 is 6.47. The Morgan fingerprint density at radius 3 is 2.74 bits per heavy atom. The number of hydrogen-bond acceptors (Lipinski definition) is 7. The van der Waals surface area contributed by atoms with Crippen molar-refractivity contribution < 1.29 is 28.6 Å². The summed E-state index contributed by atoms with van der Waals surface area (Å²) in [6.45, 7) is 7.15. The summed E-state index contributed by atoms with van der Waals surface area (Å²) in [6, 6.07) is 12.3. The first-order valence-corrected chi connectivity index (χ1v) is 17.7. The molecular formula is C30H37ClFN5O5Si. The van der Waals surface area contributed by atoms with E-state index >= 15 is 4.11 Å². The Kier molecular flexibility index (Phi) is 8.79. The molecule has 230 valence electrons. The molecule has 2 aliphatic rings. The first-order valence-electron chi connectivity index (χ1n) is 14.4. The minimum Gasteiger partial charge on any atom is -0.396 e. The number of nitrogens with one attached hydrogen (secondary N) is 1. The van der Waals surface area contributed by atoms with Gasteiger partial charge in [0.2, 0.25) is 8.41 Å². The topological polar surface area (TPSA) is 130 Å². The maximum Gasteiger partial charge on any atom is 0.264 e. The van der Waals surface area contributed by atoms with Crippen LogP contribution >= 0.6 is 11.6 Å². The highest BCUT2D eigenvalue weighted by molar-refractivity contribution is 6.72. The second kappa shape index (κ2) is 12.1. The average molecular weight is 630 g/mol. The molecule has 0 unspecified atom stereocenters. The van der Waals surface area contributed by atoms with Gasteiger partial charge in [0.15, 0.2) is 5.60 Å². The summed E-state index contributed by atoms with van der Waals surface area (Å²) in [5, 5.41) is 30.1. The molecular weight excluding hydrogens is 593 g/mol. The van der Waals surface area contributed by atoms with Gasteiger partial charge in [0.05, 0.1) is 24.0 Å². The molecule has 0 saturated carbocycles. The van der Waals surface area contributed by atoms with E-state index < -0.39 is 43.6 Å². The van der Waals surface area contributed by atoms with E-state index in [1.165, 1.54) is 6.92 Å². The number of carbonyl (C=O) groups is 2. The van der Waals surface area contributed by atoms with Crippen molar-refractivity contribution in [2.75, 3.05) is 16.8 Å². The molecule has 5 rings (SSSR count). The average Bonchev–Trinajstić information content (AvgIpc) is 3.58. The molecule has 0 radical (unpaired) electrons. The predicted octanol–water partition coefficient (Wildman–Crippen LogP) is 4.20. The van der Waals surface area contributed by atoms with Gasteiger partial charge in [0.1, 0.15) is 6.10 Å². The van der Waals surface area contributed by atoms with Crippen LogP contribution in [0.15, 0.2) is 48.7 Å². The van der Waals surface area contributed by atoms with Gasteiger partial charge in [-0.25, -0.2) is 0 Å². The lowest BCUT2D eigenvalue weighted by Gasteiger charge is -2.31. The van der Waals surface area contributed by atoms with Gasteiger partial charge in [0, 0.05) is 53.5 Å². The van der Waals surface area contributed by atoms with Crippen LogP contribution in [0.1, 0.15) is 37.1 Å². The van der Waals surface area contributed by atoms with Crippen LogP contribution in [0.4, 0.5) is 15.5 Å². The largest absolute Gasteiger partial charge is 0.396 e. The first-order chi connectivity index (χ1) is 20.3. The lowest BCUT2D eigenvalue weighted by molar-refractivity contribution is -0.146. The number of benzene rings is 2. The van der Waals surface area contributed by atoms with Crippen molar-refractivity contribution in [3.8, 4) is 0 Å². The number of ether oxygens (including phenoxy) is 1. The first kappa shape index (κ1) is 31.3. The monoisotopic (exact) mass is 629 g/mol. The van der Waals surface area contributed by atoms with E-state index in [4.69, 9.17) is 16.3 Å². The van der Waals surface area contributed by atoms with Gasteiger partial charge in [-0.1, -0.05) is 35.9 Å². The smallest absolute Gasteiger partial charge is 0.264 e. The van der Waals surface area contributed by atoms with Crippen molar-refractivity contribution in [3.63, 3.8) is 0 Å². The lowest BCUT2D eigenvalue weighted by atomic mass is 9.82. The van der Waals surface area contributed by atoms with E-state index in [1.54, 1.807) is 65.3 Å². The molecule has 3 N–H and O–H groups in total. The SMILES string of the molecule is C[C@H](O)C(=O)Nc1cccc(CN2C(=O)[C@]3(O[C@H](CCn4cc(CCO)nn4)[C@@H]([Si](C)(C)F)[C@@H]3C)c3cc(Cl)ccc32)c1. The number of carbonyl (C=O) groups excluding carboxylic acids is 2. The van der Waals surface area contributed by atoms with Crippen LogP contribution in [0.2, 0.25) is 23.7 Å². The maximum atomic E-state index is 16.1. The third-order valence-corrected chi connectivity index (χ3v) is 11.1. The Hall–Kier alpha value is -3.16. The Balaban J connectivity index is 1.47. The minimum atomic E-state index is -3.35. The van der Waals surface area contributed by atoms with Crippen molar-refractivity contribution in [1.29, 1.82) is 0 Å². The maximum absolute atomic E-state index is 16.1. The van der Waals surface area contributed by atoms with Gasteiger partial charge < -0.3 is 29.3 Å². The minimum absolute atomic E-state index is 0.0322. The Morgan fingerprint density at radius 2 is 2.05 bits per heavy atom. The number of aliphatic hydroxyl groups is 2. The Bertz CT molecular complexity index is 1510. The Morgan fingerprint density at radius 1 is 1.28 bits per heavy atom. The molecule has 13 heteroatoms. The summed E-state index contributed by atoms with van der Waals surface area (Å²) < 4.78 is 24.5. The summed E-state index contributed by atoms with van der Waals surface area (Å²) in [5.41, 5.74) is 1.26. The number of aryl methyl sites for hydroxylation is 1. The molecule has 5 atom stereocenters. The molecule has 43 heavy (non-hydrogen) atoms. The zero-order valence-corrected chi connectivity index (χ0v) is 26.4. The third kappa shape index (κ3) is 5.98. The van der Waals surface area contributed by atoms with Crippen molar-refractivity contribution >= 4 is 43.2 Å². The van der Waals surface area contributed by atoms with E-state index in [9.17, 15) is 19.8 Å².